The molecule has 26 heavy (non-hydrogen) atoms. The van der Waals surface area contributed by atoms with Gasteiger partial charge < -0.3 is 9.16 Å². The van der Waals surface area contributed by atoms with Crippen LogP contribution in [0, 0.1) is 11.3 Å². The Morgan fingerprint density at radius 2 is 2.23 bits per heavy atom. The van der Waals surface area contributed by atoms with Gasteiger partial charge in [-0.25, -0.2) is 4.79 Å². The maximum absolute atomic E-state index is 12.8. The lowest BCUT2D eigenvalue weighted by atomic mass is 9.78. The van der Waals surface area contributed by atoms with Crippen LogP contribution in [0.5, 0.6) is 0 Å². The number of aromatic nitrogens is 1. The second-order valence-electron chi connectivity index (χ2n) is 8.39. The van der Waals surface area contributed by atoms with Gasteiger partial charge in [0.1, 0.15) is 12.3 Å². The first-order valence-electron chi connectivity index (χ1n) is 9.30. The van der Waals surface area contributed by atoms with Crippen molar-refractivity contribution in [2.45, 2.75) is 52.4 Å². The van der Waals surface area contributed by atoms with Crippen molar-refractivity contribution < 1.29 is 14.0 Å². The second-order valence-corrected chi connectivity index (χ2v) is 10.7. The van der Waals surface area contributed by atoms with Crippen molar-refractivity contribution in [3.05, 3.63) is 42.7 Å². The summed E-state index contributed by atoms with van der Waals surface area (Å²) < 4.78 is 12.0. The Balaban J connectivity index is 2.40. The van der Waals surface area contributed by atoms with E-state index in [0.717, 1.165) is 12.0 Å². The lowest BCUT2D eigenvalue weighted by Crippen LogP contribution is -2.53. The molecule has 0 aliphatic carbocycles. The van der Waals surface area contributed by atoms with Gasteiger partial charge in [0.25, 0.3) is 0 Å². The van der Waals surface area contributed by atoms with Crippen molar-refractivity contribution in [2.24, 2.45) is 11.3 Å². The normalized spacial score (nSPS) is 23.3. The topological polar surface area (TPSA) is 51.7 Å². The number of rotatable bonds is 6. The number of hydrogen-bond acceptors (Lipinski definition) is 4. The SMILES string of the molecule is C=CCOC(=O)N1C[C@@H](C(C)(C)C)C[C@]1(Cc1cccnc1)O[SiH](C)C. The summed E-state index contributed by atoms with van der Waals surface area (Å²) in [6.45, 7) is 15.4. The summed E-state index contributed by atoms with van der Waals surface area (Å²) in [5.74, 6) is 0.336. The van der Waals surface area contributed by atoms with E-state index < -0.39 is 14.8 Å². The number of carbonyl (C=O) groups excluding carboxylic acids is 1. The molecule has 0 unspecified atom stereocenters. The molecule has 144 valence electrons. The Kier molecular flexibility index (Phi) is 6.63. The van der Waals surface area contributed by atoms with Crippen LogP contribution in [0.1, 0.15) is 32.8 Å². The molecule has 2 heterocycles. The molecule has 2 rings (SSSR count). The molecule has 0 spiro atoms. The zero-order valence-corrected chi connectivity index (χ0v) is 17.9. The van der Waals surface area contributed by atoms with Gasteiger partial charge in [-0.05, 0) is 42.5 Å². The van der Waals surface area contributed by atoms with Crippen LogP contribution in [0.2, 0.25) is 13.1 Å². The highest BCUT2D eigenvalue weighted by Gasteiger charge is 2.52. The zero-order chi connectivity index (χ0) is 19.4. The molecule has 1 aliphatic heterocycles. The van der Waals surface area contributed by atoms with Gasteiger partial charge in [-0.3, -0.25) is 9.88 Å². The largest absolute Gasteiger partial charge is 0.445 e. The summed E-state index contributed by atoms with van der Waals surface area (Å²) in [6.07, 6.45) is 6.31. The molecular weight excluding hydrogens is 344 g/mol. The summed E-state index contributed by atoms with van der Waals surface area (Å²) in [5, 5.41) is 0. The van der Waals surface area contributed by atoms with Crippen molar-refractivity contribution >= 4 is 15.1 Å². The molecule has 1 amide bonds. The van der Waals surface area contributed by atoms with Crippen LogP contribution in [0.15, 0.2) is 37.2 Å². The fraction of sp³-hybridized carbons (Fsp3) is 0.600. The van der Waals surface area contributed by atoms with Crippen molar-refractivity contribution in [2.75, 3.05) is 13.2 Å². The monoisotopic (exact) mass is 376 g/mol. The van der Waals surface area contributed by atoms with E-state index in [4.69, 9.17) is 9.16 Å². The van der Waals surface area contributed by atoms with Crippen molar-refractivity contribution in [3.8, 4) is 0 Å². The Bertz CT molecular complexity index is 615. The predicted octanol–water partition coefficient (Wildman–Crippen LogP) is 4.01. The average Bonchev–Trinajstić information content (AvgIpc) is 2.92. The first-order valence-corrected chi connectivity index (χ1v) is 12.1. The maximum atomic E-state index is 12.8. The minimum Gasteiger partial charge on any atom is -0.445 e. The lowest BCUT2D eigenvalue weighted by Gasteiger charge is -2.39. The van der Waals surface area contributed by atoms with Gasteiger partial charge in [-0.15, -0.1) is 0 Å². The minimum atomic E-state index is -1.41. The van der Waals surface area contributed by atoms with Gasteiger partial charge in [0.2, 0.25) is 0 Å². The molecule has 1 aromatic rings. The molecule has 0 N–H and O–H groups in total. The Hall–Kier alpha value is -1.66. The number of likely N-dealkylation sites (tertiary alicyclic amines) is 1. The van der Waals surface area contributed by atoms with E-state index in [-0.39, 0.29) is 18.1 Å². The number of carbonyl (C=O) groups is 1. The molecule has 0 saturated carbocycles. The standard InChI is InChI=1S/C20H32N2O3Si/c1-7-11-24-18(23)22-15-17(19(2,3)4)13-20(22,25-26(5)6)12-16-9-8-10-21-14-16/h7-10,14,17,26H,1,11-13,15H2,2-6H3/t17-,20-/m0/s1. The van der Waals surface area contributed by atoms with Crippen LogP contribution in [0.25, 0.3) is 0 Å². The van der Waals surface area contributed by atoms with E-state index in [1.807, 2.05) is 23.2 Å². The smallest absolute Gasteiger partial charge is 0.412 e. The number of pyridine rings is 1. The highest BCUT2D eigenvalue weighted by Crippen LogP contribution is 2.45. The molecule has 5 nitrogen and oxygen atoms in total. The quantitative estimate of drug-likeness (QED) is 0.556. The van der Waals surface area contributed by atoms with Crippen molar-refractivity contribution in [1.82, 2.24) is 9.88 Å². The lowest BCUT2D eigenvalue weighted by molar-refractivity contribution is -0.0509. The molecule has 1 fully saturated rings. The Morgan fingerprint density at radius 3 is 2.77 bits per heavy atom. The summed E-state index contributed by atoms with van der Waals surface area (Å²) >= 11 is 0. The van der Waals surface area contributed by atoms with E-state index in [2.05, 4.69) is 45.4 Å². The molecule has 1 saturated heterocycles. The predicted molar refractivity (Wildman–Crippen MR) is 106 cm³/mol. The minimum absolute atomic E-state index is 0.0789. The maximum Gasteiger partial charge on any atom is 0.412 e. The zero-order valence-electron chi connectivity index (χ0n) is 16.7. The highest BCUT2D eigenvalue weighted by molar-refractivity contribution is 6.48. The average molecular weight is 377 g/mol. The van der Waals surface area contributed by atoms with E-state index in [9.17, 15) is 4.79 Å². The number of hydrogen-bond donors (Lipinski definition) is 0. The number of nitrogens with zero attached hydrogens (tertiary/aromatic N) is 2. The molecule has 1 aromatic heterocycles. The summed E-state index contributed by atoms with van der Waals surface area (Å²) in [5.41, 5.74) is 0.480. The van der Waals surface area contributed by atoms with Gasteiger partial charge in [-0.1, -0.05) is 39.5 Å². The van der Waals surface area contributed by atoms with Crippen molar-refractivity contribution in [1.29, 1.82) is 0 Å². The Morgan fingerprint density at radius 1 is 1.50 bits per heavy atom. The fourth-order valence-corrected chi connectivity index (χ4v) is 4.74. The van der Waals surface area contributed by atoms with Crippen LogP contribution in [-0.4, -0.2) is 43.9 Å². The van der Waals surface area contributed by atoms with E-state index in [1.54, 1.807) is 12.3 Å². The van der Waals surface area contributed by atoms with E-state index >= 15 is 0 Å². The summed E-state index contributed by atoms with van der Waals surface area (Å²) in [6, 6.07) is 3.96. The van der Waals surface area contributed by atoms with Gasteiger partial charge in [-0.2, -0.15) is 0 Å². The summed E-state index contributed by atoms with van der Waals surface area (Å²) in [4.78, 5) is 18.9. The molecule has 2 atom stereocenters. The van der Waals surface area contributed by atoms with Gasteiger partial charge >= 0.3 is 6.09 Å². The third-order valence-corrected chi connectivity index (χ3v) is 5.80. The van der Waals surface area contributed by atoms with Crippen LogP contribution in [-0.2, 0) is 15.6 Å². The van der Waals surface area contributed by atoms with Crippen LogP contribution < -0.4 is 0 Å². The van der Waals surface area contributed by atoms with Crippen LogP contribution in [0.4, 0.5) is 4.79 Å². The van der Waals surface area contributed by atoms with Gasteiger partial charge in [0.15, 0.2) is 9.04 Å². The van der Waals surface area contributed by atoms with Gasteiger partial charge in [0.05, 0.1) is 0 Å². The second kappa shape index (κ2) is 8.35. The molecule has 6 heteroatoms. The number of ether oxygens (including phenoxy) is 1. The molecule has 0 radical (unpaired) electrons. The first-order chi connectivity index (χ1) is 12.2. The summed E-state index contributed by atoms with van der Waals surface area (Å²) in [7, 11) is -1.41. The van der Waals surface area contributed by atoms with Gasteiger partial charge in [0, 0.05) is 25.4 Å². The Labute approximate surface area is 159 Å². The van der Waals surface area contributed by atoms with Crippen molar-refractivity contribution in [3.63, 3.8) is 0 Å². The number of amides is 1. The fourth-order valence-electron chi connectivity index (χ4n) is 3.56. The first kappa shape index (κ1) is 20.6. The molecular formula is C20H32N2O3Si. The molecule has 1 aliphatic rings. The van der Waals surface area contributed by atoms with Crippen LogP contribution in [0.3, 0.4) is 0 Å². The third kappa shape index (κ3) is 4.95. The van der Waals surface area contributed by atoms with E-state index in [1.165, 1.54) is 0 Å². The third-order valence-electron chi connectivity index (χ3n) is 4.89. The van der Waals surface area contributed by atoms with Crippen LogP contribution >= 0.6 is 0 Å². The highest BCUT2D eigenvalue weighted by atomic mass is 28.3. The molecule has 0 bridgehead atoms. The molecule has 0 aromatic carbocycles. The van der Waals surface area contributed by atoms with E-state index in [0.29, 0.717) is 18.9 Å².